The Morgan fingerprint density at radius 2 is 1.87 bits per heavy atom. The van der Waals surface area contributed by atoms with Gasteiger partial charge in [0, 0.05) is 38.0 Å². The Morgan fingerprint density at radius 1 is 1.23 bits per heavy atom. The van der Waals surface area contributed by atoms with Gasteiger partial charge in [-0.2, -0.15) is 13.2 Å². The van der Waals surface area contributed by atoms with Crippen LogP contribution >= 0.6 is 0 Å². The number of carboxylic acids is 1. The number of alkyl halides is 3. The van der Waals surface area contributed by atoms with E-state index in [2.05, 4.69) is 27.7 Å². The summed E-state index contributed by atoms with van der Waals surface area (Å²) >= 11 is 0. The van der Waals surface area contributed by atoms with Crippen LogP contribution in [0.1, 0.15) is 31.2 Å². The van der Waals surface area contributed by atoms with Gasteiger partial charge in [0.2, 0.25) is 5.91 Å². The molecule has 3 fully saturated rings. The molecule has 1 spiro atoms. The molecule has 3 N–H and O–H groups in total. The quantitative estimate of drug-likeness (QED) is 0.605. The van der Waals surface area contributed by atoms with Crippen LogP contribution in [0.25, 0.3) is 0 Å². The predicted molar refractivity (Wildman–Crippen MR) is 102 cm³/mol. The molecule has 1 atom stereocenters. The first-order chi connectivity index (χ1) is 14.6. The summed E-state index contributed by atoms with van der Waals surface area (Å²) < 4.78 is 37.5. The van der Waals surface area contributed by atoms with Crippen molar-refractivity contribution in [1.29, 1.82) is 0 Å². The molecule has 0 saturated carbocycles. The second-order valence-corrected chi connectivity index (χ2v) is 7.86. The minimum Gasteiger partial charge on any atom is -0.481 e. The van der Waals surface area contributed by atoms with Gasteiger partial charge in [-0.1, -0.05) is 12.1 Å². The standard InChI is InChI=1S/C18H23N3O3.C2HF3O2/c22-16-7-6-15(17(23)20-16)24-14-4-2-13(3-5-14)10-21-9-1-8-18(21)11-19-12-18;3-2(4,5)1(6)7/h2-5,15,19H,1,6-12H2,(H,20,22,23);(H,6,7). The molecule has 3 saturated heterocycles. The monoisotopic (exact) mass is 443 g/mol. The molecule has 1 aromatic rings. The lowest BCUT2D eigenvalue weighted by Gasteiger charge is -2.46. The largest absolute Gasteiger partial charge is 0.490 e. The van der Waals surface area contributed by atoms with Crippen LogP contribution in [-0.4, -0.2) is 65.2 Å². The summed E-state index contributed by atoms with van der Waals surface area (Å²) in [6.45, 7) is 4.32. The van der Waals surface area contributed by atoms with Crippen LogP contribution < -0.4 is 15.4 Å². The molecular weight excluding hydrogens is 419 g/mol. The molecule has 31 heavy (non-hydrogen) atoms. The second-order valence-electron chi connectivity index (χ2n) is 7.86. The third-order valence-corrected chi connectivity index (χ3v) is 5.66. The van der Waals surface area contributed by atoms with E-state index >= 15 is 0 Å². The first-order valence-corrected chi connectivity index (χ1v) is 9.94. The van der Waals surface area contributed by atoms with Gasteiger partial charge >= 0.3 is 12.1 Å². The molecule has 3 heterocycles. The van der Waals surface area contributed by atoms with Crippen LogP contribution in [0.5, 0.6) is 5.75 Å². The molecule has 0 aliphatic carbocycles. The van der Waals surface area contributed by atoms with Gasteiger partial charge in [0.25, 0.3) is 5.91 Å². The number of nitrogens with zero attached hydrogens (tertiary/aromatic N) is 1. The smallest absolute Gasteiger partial charge is 0.481 e. The summed E-state index contributed by atoms with van der Waals surface area (Å²) in [5, 5.41) is 12.8. The number of imide groups is 1. The zero-order chi connectivity index (χ0) is 22.6. The van der Waals surface area contributed by atoms with Crippen LogP contribution in [0.3, 0.4) is 0 Å². The topological polar surface area (TPSA) is 108 Å². The lowest BCUT2D eigenvalue weighted by atomic mass is 9.89. The number of amides is 2. The van der Waals surface area contributed by atoms with Crippen molar-refractivity contribution in [3.05, 3.63) is 29.8 Å². The lowest BCUT2D eigenvalue weighted by Crippen LogP contribution is -2.65. The van der Waals surface area contributed by atoms with Gasteiger partial charge in [0.15, 0.2) is 6.10 Å². The lowest BCUT2D eigenvalue weighted by molar-refractivity contribution is -0.192. The van der Waals surface area contributed by atoms with Crippen molar-refractivity contribution < 1.29 is 37.4 Å². The Labute approximate surface area is 176 Å². The number of aliphatic carboxylic acids is 1. The third kappa shape index (κ3) is 5.73. The fourth-order valence-electron chi connectivity index (χ4n) is 3.90. The molecule has 4 rings (SSSR count). The molecular formula is C20H24F3N3O5. The van der Waals surface area contributed by atoms with Crippen LogP contribution in [-0.2, 0) is 20.9 Å². The SMILES string of the molecule is O=C(O)C(F)(F)F.O=C1CCC(Oc2ccc(CN3CCCC34CNC4)cc2)C(=O)N1. The number of piperidine rings is 1. The fraction of sp³-hybridized carbons (Fsp3) is 0.550. The predicted octanol–water partition coefficient (Wildman–Crippen LogP) is 1.44. The summed E-state index contributed by atoms with van der Waals surface area (Å²) in [5.41, 5.74) is 1.64. The van der Waals surface area contributed by atoms with Gasteiger partial charge in [-0.05, 0) is 37.1 Å². The van der Waals surface area contributed by atoms with Gasteiger partial charge in [-0.25, -0.2) is 4.79 Å². The number of nitrogens with one attached hydrogen (secondary N) is 2. The zero-order valence-corrected chi connectivity index (χ0v) is 16.7. The van der Waals surface area contributed by atoms with Crippen LogP contribution in [0, 0.1) is 0 Å². The summed E-state index contributed by atoms with van der Waals surface area (Å²) in [6, 6.07) is 7.97. The summed E-state index contributed by atoms with van der Waals surface area (Å²) in [5.74, 6) is -2.64. The maximum atomic E-state index is 11.7. The normalized spacial score (nSPS) is 22.9. The number of hydrogen-bond acceptors (Lipinski definition) is 6. The van der Waals surface area contributed by atoms with Crippen molar-refractivity contribution in [2.75, 3.05) is 19.6 Å². The molecule has 3 aliphatic heterocycles. The number of likely N-dealkylation sites (tertiary alicyclic amines) is 1. The molecule has 8 nitrogen and oxygen atoms in total. The molecule has 0 aromatic heterocycles. The van der Waals surface area contributed by atoms with E-state index in [4.69, 9.17) is 14.6 Å². The van der Waals surface area contributed by atoms with Crippen molar-refractivity contribution in [2.45, 2.75) is 50.0 Å². The van der Waals surface area contributed by atoms with Crippen molar-refractivity contribution in [3.8, 4) is 5.75 Å². The van der Waals surface area contributed by atoms with Gasteiger partial charge in [0.05, 0.1) is 0 Å². The number of carboxylic acid groups (broad SMARTS) is 1. The molecule has 0 bridgehead atoms. The third-order valence-electron chi connectivity index (χ3n) is 5.66. The average molecular weight is 443 g/mol. The molecule has 1 aromatic carbocycles. The molecule has 2 amide bonds. The summed E-state index contributed by atoms with van der Waals surface area (Å²) in [4.78, 5) is 34.4. The highest BCUT2D eigenvalue weighted by molar-refractivity contribution is 5.99. The van der Waals surface area contributed by atoms with Gasteiger partial charge in [-0.15, -0.1) is 0 Å². The Bertz CT molecular complexity index is 824. The highest BCUT2D eigenvalue weighted by atomic mass is 19.4. The van der Waals surface area contributed by atoms with E-state index in [0.29, 0.717) is 24.1 Å². The molecule has 1 unspecified atom stereocenters. The minimum absolute atomic E-state index is 0.222. The maximum Gasteiger partial charge on any atom is 0.490 e. The Hall–Kier alpha value is -2.66. The second kappa shape index (κ2) is 9.23. The van der Waals surface area contributed by atoms with E-state index < -0.39 is 18.2 Å². The Kier molecular flexibility index (Phi) is 6.85. The van der Waals surface area contributed by atoms with E-state index in [0.717, 1.165) is 26.2 Å². The van der Waals surface area contributed by atoms with Crippen LogP contribution in [0.4, 0.5) is 13.2 Å². The molecule has 3 aliphatic rings. The fourth-order valence-corrected chi connectivity index (χ4v) is 3.90. The first kappa shape index (κ1) is 23.0. The number of rotatable bonds is 4. The van der Waals surface area contributed by atoms with Crippen molar-refractivity contribution in [1.82, 2.24) is 15.5 Å². The zero-order valence-electron chi connectivity index (χ0n) is 16.7. The number of carbonyl (C=O) groups is 3. The van der Waals surface area contributed by atoms with E-state index in [1.54, 1.807) is 0 Å². The highest BCUT2D eigenvalue weighted by Gasteiger charge is 2.45. The van der Waals surface area contributed by atoms with E-state index in [1.807, 2.05) is 12.1 Å². The number of benzene rings is 1. The van der Waals surface area contributed by atoms with E-state index in [9.17, 15) is 22.8 Å². The number of ether oxygens (including phenoxy) is 1. The van der Waals surface area contributed by atoms with Gasteiger partial charge in [0.1, 0.15) is 5.75 Å². The van der Waals surface area contributed by atoms with Crippen molar-refractivity contribution in [2.24, 2.45) is 0 Å². The number of hydrogen-bond donors (Lipinski definition) is 3. The molecule has 11 heteroatoms. The van der Waals surface area contributed by atoms with E-state index in [-0.39, 0.29) is 11.8 Å². The minimum atomic E-state index is -5.08. The first-order valence-electron chi connectivity index (χ1n) is 9.94. The summed E-state index contributed by atoms with van der Waals surface area (Å²) in [7, 11) is 0. The van der Waals surface area contributed by atoms with Gasteiger partial charge < -0.3 is 15.2 Å². The summed E-state index contributed by atoms with van der Waals surface area (Å²) in [6.07, 6.45) is -2.32. The number of carbonyl (C=O) groups excluding carboxylic acids is 2. The van der Waals surface area contributed by atoms with Crippen molar-refractivity contribution in [3.63, 3.8) is 0 Å². The number of halogens is 3. The maximum absolute atomic E-state index is 11.7. The Balaban J connectivity index is 0.000000339. The molecule has 170 valence electrons. The average Bonchev–Trinajstić information content (AvgIpc) is 3.09. The highest BCUT2D eigenvalue weighted by Crippen LogP contribution is 2.34. The van der Waals surface area contributed by atoms with Crippen molar-refractivity contribution >= 4 is 17.8 Å². The van der Waals surface area contributed by atoms with Crippen LogP contribution in [0.2, 0.25) is 0 Å². The van der Waals surface area contributed by atoms with Gasteiger partial charge in [-0.3, -0.25) is 19.8 Å². The Morgan fingerprint density at radius 3 is 2.39 bits per heavy atom. The molecule has 0 radical (unpaired) electrons. The van der Waals surface area contributed by atoms with Crippen LogP contribution in [0.15, 0.2) is 24.3 Å². The van der Waals surface area contributed by atoms with E-state index in [1.165, 1.54) is 18.4 Å².